The molecule has 1 aliphatic rings. The van der Waals surface area contributed by atoms with Crippen molar-refractivity contribution in [1.29, 1.82) is 0 Å². The molecule has 0 spiro atoms. The van der Waals surface area contributed by atoms with E-state index >= 15 is 0 Å². The number of rotatable bonds is 3. The van der Waals surface area contributed by atoms with Crippen LogP contribution in [0.4, 0.5) is 11.8 Å². The second-order valence-electron chi connectivity index (χ2n) is 5.18. The minimum Gasteiger partial charge on any atom is -0.357 e. The summed E-state index contributed by atoms with van der Waals surface area (Å²) in [5.74, 6) is 3.33. The van der Waals surface area contributed by atoms with Crippen molar-refractivity contribution in [3.8, 4) is 0 Å². The van der Waals surface area contributed by atoms with E-state index in [-0.39, 0.29) is 0 Å². The molecule has 1 aliphatic heterocycles. The van der Waals surface area contributed by atoms with Gasteiger partial charge in [0.25, 0.3) is 0 Å². The minimum absolute atomic E-state index is 0.680. The monoisotopic (exact) mass is 312 g/mol. The zero-order chi connectivity index (χ0) is 13.1. The zero-order valence-corrected chi connectivity index (χ0v) is 12.9. The average Bonchev–Trinajstić information content (AvgIpc) is 2.39. The lowest BCUT2D eigenvalue weighted by molar-refractivity contribution is 0.310. The lowest BCUT2D eigenvalue weighted by atomic mass is 9.87. The predicted molar refractivity (Wildman–Crippen MR) is 79.1 cm³/mol. The van der Waals surface area contributed by atoms with Gasteiger partial charge in [-0.2, -0.15) is 4.98 Å². The Morgan fingerprint density at radius 1 is 1.39 bits per heavy atom. The topological polar surface area (TPSA) is 41.1 Å². The molecule has 0 radical (unpaired) electrons. The van der Waals surface area contributed by atoms with Crippen molar-refractivity contribution >= 4 is 27.7 Å². The van der Waals surface area contributed by atoms with Gasteiger partial charge in [-0.25, -0.2) is 4.98 Å². The smallest absolute Gasteiger partial charge is 0.224 e. The van der Waals surface area contributed by atoms with Crippen molar-refractivity contribution in [1.82, 2.24) is 9.97 Å². The van der Waals surface area contributed by atoms with Crippen LogP contribution in [-0.4, -0.2) is 30.1 Å². The third kappa shape index (κ3) is 2.94. The van der Waals surface area contributed by atoms with Crippen LogP contribution in [-0.2, 0) is 0 Å². The van der Waals surface area contributed by atoms with Gasteiger partial charge >= 0.3 is 0 Å². The Labute approximate surface area is 117 Å². The lowest BCUT2D eigenvalue weighted by Gasteiger charge is -2.35. The first kappa shape index (κ1) is 13.6. The Bertz CT molecular complexity index is 400. The van der Waals surface area contributed by atoms with Crippen LogP contribution in [0, 0.1) is 11.8 Å². The summed E-state index contributed by atoms with van der Waals surface area (Å²) >= 11 is 3.54. The van der Waals surface area contributed by atoms with E-state index in [0.29, 0.717) is 5.95 Å². The number of hydrogen-bond donors (Lipinski definition) is 1. The fourth-order valence-electron chi connectivity index (χ4n) is 2.48. The van der Waals surface area contributed by atoms with E-state index in [4.69, 9.17) is 0 Å². The molecule has 1 fully saturated rings. The standard InChI is InChI=1S/C13H21BrN4/c1-9(2)10-4-6-18(7-5-10)12-11(14)8-16-13(15-3)17-12/h8-10H,4-7H2,1-3H3,(H,15,16,17). The van der Waals surface area contributed by atoms with Gasteiger partial charge in [-0.05, 0) is 40.6 Å². The van der Waals surface area contributed by atoms with Crippen molar-refractivity contribution in [2.45, 2.75) is 26.7 Å². The van der Waals surface area contributed by atoms with Gasteiger partial charge in [-0.15, -0.1) is 0 Å². The van der Waals surface area contributed by atoms with Crippen molar-refractivity contribution in [2.75, 3.05) is 30.4 Å². The summed E-state index contributed by atoms with van der Waals surface area (Å²) in [5.41, 5.74) is 0. The largest absolute Gasteiger partial charge is 0.357 e. The van der Waals surface area contributed by atoms with Gasteiger partial charge in [0.1, 0.15) is 5.82 Å². The Kier molecular flexibility index (Phi) is 4.43. The van der Waals surface area contributed by atoms with Gasteiger partial charge in [0.15, 0.2) is 0 Å². The summed E-state index contributed by atoms with van der Waals surface area (Å²) in [5, 5.41) is 2.99. The highest BCUT2D eigenvalue weighted by atomic mass is 79.9. The van der Waals surface area contributed by atoms with Crippen molar-refractivity contribution in [3.63, 3.8) is 0 Å². The van der Waals surface area contributed by atoms with Crippen LogP contribution in [0.3, 0.4) is 0 Å². The van der Waals surface area contributed by atoms with E-state index in [1.165, 1.54) is 12.8 Å². The fourth-order valence-corrected chi connectivity index (χ4v) is 2.92. The first-order valence-electron chi connectivity index (χ1n) is 6.57. The van der Waals surface area contributed by atoms with E-state index in [0.717, 1.165) is 35.2 Å². The average molecular weight is 313 g/mol. The molecular weight excluding hydrogens is 292 g/mol. The molecule has 0 aromatic carbocycles. The number of halogens is 1. The van der Waals surface area contributed by atoms with Gasteiger partial charge in [0.05, 0.1) is 4.47 Å². The molecule has 18 heavy (non-hydrogen) atoms. The number of hydrogen-bond acceptors (Lipinski definition) is 4. The van der Waals surface area contributed by atoms with E-state index in [1.54, 1.807) is 0 Å². The molecule has 100 valence electrons. The van der Waals surface area contributed by atoms with Crippen LogP contribution >= 0.6 is 15.9 Å². The molecule has 1 aromatic rings. The van der Waals surface area contributed by atoms with E-state index in [2.05, 4.69) is 50.0 Å². The van der Waals surface area contributed by atoms with E-state index in [9.17, 15) is 0 Å². The first-order valence-corrected chi connectivity index (χ1v) is 7.36. The highest BCUT2D eigenvalue weighted by molar-refractivity contribution is 9.10. The molecule has 1 saturated heterocycles. The fraction of sp³-hybridized carbons (Fsp3) is 0.692. The highest BCUT2D eigenvalue weighted by Crippen LogP contribution is 2.30. The van der Waals surface area contributed by atoms with Crippen molar-refractivity contribution < 1.29 is 0 Å². The van der Waals surface area contributed by atoms with Gasteiger partial charge in [0.2, 0.25) is 5.95 Å². The normalized spacial score (nSPS) is 17.3. The highest BCUT2D eigenvalue weighted by Gasteiger charge is 2.23. The van der Waals surface area contributed by atoms with Crippen LogP contribution in [0.15, 0.2) is 10.7 Å². The molecule has 0 bridgehead atoms. The summed E-state index contributed by atoms with van der Waals surface area (Å²) in [7, 11) is 1.85. The molecule has 0 amide bonds. The Morgan fingerprint density at radius 3 is 2.61 bits per heavy atom. The van der Waals surface area contributed by atoms with E-state index < -0.39 is 0 Å². The molecule has 2 heterocycles. The molecule has 5 heteroatoms. The molecule has 1 aromatic heterocycles. The zero-order valence-electron chi connectivity index (χ0n) is 11.3. The van der Waals surface area contributed by atoms with Crippen LogP contribution < -0.4 is 10.2 Å². The van der Waals surface area contributed by atoms with E-state index in [1.807, 2.05) is 13.2 Å². The second kappa shape index (κ2) is 5.87. The van der Waals surface area contributed by atoms with Crippen LogP contribution in [0.2, 0.25) is 0 Å². The summed E-state index contributed by atoms with van der Waals surface area (Å²) in [6, 6.07) is 0. The summed E-state index contributed by atoms with van der Waals surface area (Å²) in [4.78, 5) is 11.1. The van der Waals surface area contributed by atoms with Crippen molar-refractivity contribution in [2.24, 2.45) is 11.8 Å². The summed E-state index contributed by atoms with van der Waals surface area (Å²) in [6.07, 6.45) is 4.33. The number of nitrogens with one attached hydrogen (secondary N) is 1. The van der Waals surface area contributed by atoms with Gasteiger partial charge < -0.3 is 10.2 Å². The summed E-state index contributed by atoms with van der Waals surface area (Å²) < 4.78 is 0.976. The second-order valence-corrected chi connectivity index (χ2v) is 6.04. The van der Waals surface area contributed by atoms with Gasteiger partial charge in [-0.3, -0.25) is 0 Å². The lowest BCUT2D eigenvalue weighted by Crippen LogP contribution is -2.36. The number of piperidine rings is 1. The molecule has 0 unspecified atom stereocenters. The van der Waals surface area contributed by atoms with Crippen LogP contribution in [0.25, 0.3) is 0 Å². The third-order valence-electron chi connectivity index (χ3n) is 3.73. The molecule has 0 saturated carbocycles. The van der Waals surface area contributed by atoms with Crippen LogP contribution in [0.1, 0.15) is 26.7 Å². The maximum atomic E-state index is 4.54. The quantitative estimate of drug-likeness (QED) is 0.931. The minimum atomic E-state index is 0.680. The van der Waals surface area contributed by atoms with Gasteiger partial charge in [-0.1, -0.05) is 13.8 Å². The van der Waals surface area contributed by atoms with Crippen LogP contribution in [0.5, 0.6) is 0 Å². The molecule has 1 N–H and O–H groups in total. The summed E-state index contributed by atoms with van der Waals surface area (Å²) in [6.45, 7) is 6.81. The maximum Gasteiger partial charge on any atom is 0.224 e. The number of nitrogens with zero attached hydrogens (tertiary/aromatic N) is 3. The molecule has 0 atom stereocenters. The first-order chi connectivity index (χ1) is 8.61. The van der Waals surface area contributed by atoms with Crippen molar-refractivity contribution in [3.05, 3.63) is 10.7 Å². The third-order valence-corrected chi connectivity index (χ3v) is 4.29. The maximum absolute atomic E-state index is 4.54. The Balaban J connectivity index is 2.09. The SMILES string of the molecule is CNc1ncc(Br)c(N2CCC(C(C)C)CC2)n1. The Morgan fingerprint density at radius 2 is 2.06 bits per heavy atom. The molecule has 4 nitrogen and oxygen atoms in total. The molecular formula is C13H21BrN4. The number of anilines is 2. The molecule has 0 aliphatic carbocycles. The Hall–Kier alpha value is -0.840. The predicted octanol–water partition coefficient (Wildman–Crippen LogP) is 3.15. The molecule has 2 rings (SSSR count). The number of aromatic nitrogens is 2. The van der Waals surface area contributed by atoms with Gasteiger partial charge in [0, 0.05) is 26.3 Å².